The van der Waals surface area contributed by atoms with E-state index < -0.39 is 0 Å². The van der Waals surface area contributed by atoms with Crippen molar-refractivity contribution in [3.8, 4) is 0 Å². The molecule has 0 aliphatic heterocycles. The van der Waals surface area contributed by atoms with E-state index >= 15 is 0 Å². The maximum atomic E-state index is 3.72. The third-order valence-electron chi connectivity index (χ3n) is 4.69. The first-order valence-electron chi connectivity index (χ1n) is 8.03. The summed E-state index contributed by atoms with van der Waals surface area (Å²) in [6.45, 7) is 17.0. The SMILES string of the molecule is CCC(CC)(CNC(C)(C)C)Cc1c(C)cccc1C. The van der Waals surface area contributed by atoms with Crippen molar-refractivity contribution in [1.29, 1.82) is 0 Å². The molecule has 1 nitrogen and oxygen atoms in total. The second-order valence-corrected chi connectivity index (χ2v) is 7.36. The minimum atomic E-state index is 0.191. The van der Waals surface area contributed by atoms with Gasteiger partial charge in [-0.25, -0.2) is 0 Å². The lowest BCUT2D eigenvalue weighted by atomic mass is 9.75. The molecule has 0 heterocycles. The molecular formula is C19H33N. The van der Waals surface area contributed by atoms with E-state index in [-0.39, 0.29) is 5.54 Å². The first-order valence-corrected chi connectivity index (χ1v) is 8.03. The van der Waals surface area contributed by atoms with Gasteiger partial charge in [-0.3, -0.25) is 0 Å². The van der Waals surface area contributed by atoms with Gasteiger partial charge in [-0.1, -0.05) is 32.0 Å². The van der Waals surface area contributed by atoms with E-state index in [0.29, 0.717) is 5.41 Å². The Balaban J connectivity index is 2.96. The quantitative estimate of drug-likeness (QED) is 0.767. The van der Waals surface area contributed by atoms with Gasteiger partial charge in [-0.05, 0) is 76.0 Å². The molecule has 0 unspecified atom stereocenters. The van der Waals surface area contributed by atoms with Crippen LogP contribution in [-0.4, -0.2) is 12.1 Å². The topological polar surface area (TPSA) is 12.0 Å². The van der Waals surface area contributed by atoms with E-state index in [9.17, 15) is 0 Å². The Morgan fingerprint density at radius 2 is 1.45 bits per heavy atom. The molecule has 0 saturated carbocycles. The lowest BCUT2D eigenvalue weighted by Crippen LogP contribution is -2.44. The number of nitrogens with one attached hydrogen (secondary N) is 1. The highest BCUT2D eigenvalue weighted by Crippen LogP contribution is 2.33. The molecule has 0 spiro atoms. The normalized spacial score (nSPS) is 12.8. The molecule has 0 radical (unpaired) electrons. The molecule has 1 aromatic rings. The molecule has 0 amide bonds. The highest BCUT2D eigenvalue weighted by Gasteiger charge is 2.29. The predicted molar refractivity (Wildman–Crippen MR) is 90.4 cm³/mol. The third kappa shape index (κ3) is 4.63. The first-order chi connectivity index (χ1) is 9.23. The van der Waals surface area contributed by atoms with E-state index in [2.05, 4.69) is 72.0 Å². The summed E-state index contributed by atoms with van der Waals surface area (Å²) in [4.78, 5) is 0. The Morgan fingerprint density at radius 3 is 1.85 bits per heavy atom. The highest BCUT2D eigenvalue weighted by molar-refractivity contribution is 5.34. The molecule has 114 valence electrons. The van der Waals surface area contributed by atoms with Gasteiger partial charge in [-0.15, -0.1) is 0 Å². The van der Waals surface area contributed by atoms with Gasteiger partial charge in [0, 0.05) is 12.1 Å². The van der Waals surface area contributed by atoms with E-state index in [1.165, 1.54) is 30.4 Å². The second kappa shape index (κ2) is 6.76. The smallest absolute Gasteiger partial charge is 0.00967 e. The molecule has 0 aliphatic carbocycles. The molecule has 20 heavy (non-hydrogen) atoms. The van der Waals surface area contributed by atoms with Crippen molar-refractivity contribution >= 4 is 0 Å². The minimum absolute atomic E-state index is 0.191. The Hall–Kier alpha value is -0.820. The van der Waals surface area contributed by atoms with Crippen LogP contribution in [0.4, 0.5) is 0 Å². The van der Waals surface area contributed by atoms with Gasteiger partial charge >= 0.3 is 0 Å². The number of rotatable bonds is 6. The monoisotopic (exact) mass is 275 g/mol. The zero-order valence-corrected chi connectivity index (χ0v) is 14.6. The van der Waals surface area contributed by atoms with Crippen LogP contribution >= 0.6 is 0 Å². The van der Waals surface area contributed by atoms with Gasteiger partial charge < -0.3 is 5.32 Å². The average molecular weight is 275 g/mol. The maximum absolute atomic E-state index is 3.72. The van der Waals surface area contributed by atoms with Crippen molar-refractivity contribution in [2.24, 2.45) is 5.41 Å². The van der Waals surface area contributed by atoms with E-state index in [0.717, 1.165) is 6.54 Å². The molecule has 0 saturated heterocycles. The van der Waals surface area contributed by atoms with E-state index in [1.54, 1.807) is 5.56 Å². The minimum Gasteiger partial charge on any atom is -0.312 e. The first kappa shape index (κ1) is 17.2. The summed E-state index contributed by atoms with van der Waals surface area (Å²) in [5, 5.41) is 3.72. The number of aryl methyl sites for hydroxylation is 2. The summed E-state index contributed by atoms with van der Waals surface area (Å²) in [7, 11) is 0. The molecule has 1 rings (SSSR count). The molecule has 0 aromatic heterocycles. The zero-order chi connectivity index (χ0) is 15.4. The van der Waals surface area contributed by atoms with Gasteiger partial charge in [0.2, 0.25) is 0 Å². The van der Waals surface area contributed by atoms with E-state index in [1.807, 2.05) is 0 Å². The summed E-state index contributed by atoms with van der Waals surface area (Å²) >= 11 is 0. The fraction of sp³-hybridized carbons (Fsp3) is 0.684. The summed E-state index contributed by atoms with van der Waals surface area (Å²) < 4.78 is 0. The second-order valence-electron chi connectivity index (χ2n) is 7.36. The highest BCUT2D eigenvalue weighted by atomic mass is 15.0. The Morgan fingerprint density at radius 1 is 0.950 bits per heavy atom. The van der Waals surface area contributed by atoms with Crippen LogP contribution in [0.5, 0.6) is 0 Å². The van der Waals surface area contributed by atoms with Crippen molar-refractivity contribution in [2.75, 3.05) is 6.54 Å². The van der Waals surface area contributed by atoms with Gasteiger partial charge in [0.25, 0.3) is 0 Å². The molecule has 1 N–H and O–H groups in total. The van der Waals surface area contributed by atoms with Crippen molar-refractivity contribution in [3.05, 3.63) is 34.9 Å². The van der Waals surface area contributed by atoms with Crippen LogP contribution in [0.25, 0.3) is 0 Å². The van der Waals surface area contributed by atoms with Crippen LogP contribution in [-0.2, 0) is 6.42 Å². The van der Waals surface area contributed by atoms with Crippen LogP contribution < -0.4 is 5.32 Å². The van der Waals surface area contributed by atoms with Crippen molar-refractivity contribution in [2.45, 2.75) is 73.3 Å². The Labute approximate surface area is 126 Å². The number of hydrogen-bond donors (Lipinski definition) is 1. The molecule has 0 atom stereocenters. The average Bonchev–Trinajstić information content (AvgIpc) is 2.37. The van der Waals surface area contributed by atoms with Crippen LogP contribution in [0.1, 0.15) is 64.2 Å². The maximum Gasteiger partial charge on any atom is 0.00967 e. The van der Waals surface area contributed by atoms with Crippen LogP contribution in [0.15, 0.2) is 18.2 Å². The van der Waals surface area contributed by atoms with Crippen molar-refractivity contribution < 1.29 is 0 Å². The Kier molecular flexibility index (Phi) is 5.82. The van der Waals surface area contributed by atoms with Crippen molar-refractivity contribution in [1.82, 2.24) is 5.32 Å². The lowest BCUT2D eigenvalue weighted by Gasteiger charge is -2.36. The predicted octanol–water partition coefficient (Wildman–Crippen LogP) is 5.04. The largest absolute Gasteiger partial charge is 0.312 e. The molecule has 0 bridgehead atoms. The van der Waals surface area contributed by atoms with Crippen LogP contribution in [0.3, 0.4) is 0 Å². The summed E-state index contributed by atoms with van der Waals surface area (Å²) in [5.74, 6) is 0. The fourth-order valence-electron chi connectivity index (χ4n) is 2.77. The molecule has 0 aliphatic rings. The summed E-state index contributed by atoms with van der Waals surface area (Å²) in [6, 6.07) is 6.66. The molecular weight excluding hydrogens is 242 g/mol. The van der Waals surface area contributed by atoms with Gasteiger partial charge in [0.05, 0.1) is 0 Å². The third-order valence-corrected chi connectivity index (χ3v) is 4.69. The molecule has 0 fully saturated rings. The fourth-order valence-corrected chi connectivity index (χ4v) is 2.77. The van der Waals surface area contributed by atoms with E-state index in [4.69, 9.17) is 0 Å². The molecule has 1 heteroatoms. The van der Waals surface area contributed by atoms with Crippen LogP contribution in [0, 0.1) is 19.3 Å². The summed E-state index contributed by atoms with van der Waals surface area (Å²) in [5.41, 5.74) is 4.98. The van der Waals surface area contributed by atoms with Gasteiger partial charge in [0.1, 0.15) is 0 Å². The Bertz CT molecular complexity index is 402. The van der Waals surface area contributed by atoms with Crippen molar-refractivity contribution in [3.63, 3.8) is 0 Å². The standard InChI is InChI=1S/C19H33N/c1-8-19(9-2,14-20-18(5,6)7)13-17-15(3)11-10-12-16(17)4/h10-12,20H,8-9,13-14H2,1-7H3. The van der Waals surface area contributed by atoms with Gasteiger partial charge in [0.15, 0.2) is 0 Å². The molecule has 1 aromatic carbocycles. The number of hydrogen-bond acceptors (Lipinski definition) is 1. The lowest BCUT2D eigenvalue weighted by molar-refractivity contribution is 0.219. The number of benzene rings is 1. The van der Waals surface area contributed by atoms with Gasteiger partial charge in [-0.2, -0.15) is 0 Å². The zero-order valence-electron chi connectivity index (χ0n) is 14.6. The van der Waals surface area contributed by atoms with Crippen LogP contribution in [0.2, 0.25) is 0 Å². The summed E-state index contributed by atoms with van der Waals surface area (Å²) in [6.07, 6.45) is 3.63.